The van der Waals surface area contributed by atoms with Gasteiger partial charge in [-0.25, -0.2) is 4.98 Å². The number of alkyl halides is 3. The summed E-state index contributed by atoms with van der Waals surface area (Å²) in [5, 5.41) is 7.05. The van der Waals surface area contributed by atoms with Crippen LogP contribution in [0.1, 0.15) is 11.4 Å². The van der Waals surface area contributed by atoms with E-state index < -0.39 is 11.7 Å². The van der Waals surface area contributed by atoms with Crippen molar-refractivity contribution < 1.29 is 17.7 Å². The average molecular weight is 300 g/mol. The first-order chi connectivity index (χ1) is 9.52. The Labute approximate surface area is 114 Å². The zero-order valence-electron chi connectivity index (χ0n) is 9.81. The van der Waals surface area contributed by atoms with E-state index in [4.69, 9.17) is 0 Å². The molecule has 0 unspecified atom stereocenters. The second-order valence-electron chi connectivity index (χ2n) is 3.90. The molecule has 3 aromatic rings. The number of aromatic nitrogens is 3. The van der Waals surface area contributed by atoms with Crippen LogP contribution in [0.4, 0.5) is 18.3 Å². The molecule has 0 aliphatic rings. The van der Waals surface area contributed by atoms with Gasteiger partial charge in [-0.3, -0.25) is 0 Å². The summed E-state index contributed by atoms with van der Waals surface area (Å²) in [6, 6.07) is 3.49. The summed E-state index contributed by atoms with van der Waals surface area (Å²) in [5.74, 6) is 0.445. The molecular weight excluding hydrogens is 293 g/mol. The molecule has 0 fully saturated rings. The van der Waals surface area contributed by atoms with Gasteiger partial charge in [0.2, 0.25) is 6.39 Å². The van der Waals surface area contributed by atoms with E-state index in [-0.39, 0.29) is 0 Å². The van der Waals surface area contributed by atoms with Gasteiger partial charge in [0.15, 0.2) is 11.0 Å². The fraction of sp³-hybridized carbons (Fsp3) is 0.182. The van der Waals surface area contributed by atoms with Crippen LogP contribution in [0, 0.1) is 0 Å². The highest BCUT2D eigenvalue weighted by atomic mass is 32.1. The lowest BCUT2D eigenvalue weighted by atomic mass is 10.2. The summed E-state index contributed by atoms with van der Waals surface area (Å²) in [6.07, 6.45) is -3.17. The maximum atomic E-state index is 12.6. The maximum Gasteiger partial charge on any atom is 0.416 e. The van der Waals surface area contributed by atoms with Crippen LogP contribution in [0.2, 0.25) is 0 Å². The standard InChI is InChI=1S/C11H7F3N4OS/c12-11(13,14)6-1-2-8-7(3-6)17-10(20-8)15-4-9-16-5-19-18-9/h1-3,5H,4H2,(H,15,17). The lowest BCUT2D eigenvalue weighted by molar-refractivity contribution is -0.137. The normalized spacial score (nSPS) is 11.9. The Bertz CT molecular complexity index is 723. The van der Waals surface area contributed by atoms with Crippen molar-refractivity contribution in [2.24, 2.45) is 0 Å². The van der Waals surface area contributed by atoms with Gasteiger partial charge >= 0.3 is 6.18 Å². The molecule has 0 spiro atoms. The average Bonchev–Trinajstić information content (AvgIpc) is 3.03. The van der Waals surface area contributed by atoms with Crippen molar-refractivity contribution in [1.29, 1.82) is 0 Å². The van der Waals surface area contributed by atoms with Crippen molar-refractivity contribution in [3.8, 4) is 0 Å². The molecule has 0 saturated heterocycles. The minimum Gasteiger partial charge on any atom is -0.354 e. The number of anilines is 1. The first kappa shape index (κ1) is 12.9. The topological polar surface area (TPSA) is 63.8 Å². The Morgan fingerprint density at radius 3 is 2.85 bits per heavy atom. The third-order valence-corrected chi connectivity index (χ3v) is 3.51. The number of rotatable bonds is 3. The molecule has 0 amide bonds. The predicted octanol–water partition coefficient (Wildman–Crippen LogP) is 3.31. The third-order valence-electron chi connectivity index (χ3n) is 2.52. The molecule has 3 rings (SSSR count). The van der Waals surface area contributed by atoms with E-state index in [9.17, 15) is 13.2 Å². The van der Waals surface area contributed by atoms with Gasteiger partial charge in [0.25, 0.3) is 0 Å². The molecule has 5 nitrogen and oxygen atoms in total. The molecule has 104 valence electrons. The fourth-order valence-corrected chi connectivity index (χ4v) is 2.45. The summed E-state index contributed by atoms with van der Waals surface area (Å²) in [6.45, 7) is 0.294. The summed E-state index contributed by atoms with van der Waals surface area (Å²) in [7, 11) is 0. The lowest BCUT2D eigenvalue weighted by Crippen LogP contribution is -2.04. The molecule has 1 N–H and O–H groups in total. The molecule has 2 aromatic heterocycles. The number of benzene rings is 1. The number of fused-ring (bicyclic) bond motifs is 1. The number of halogens is 3. The van der Waals surface area contributed by atoms with E-state index >= 15 is 0 Å². The Morgan fingerprint density at radius 1 is 1.30 bits per heavy atom. The minimum atomic E-state index is -4.37. The monoisotopic (exact) mass is 300 g/mol. The van der Waals surface area contributed by atoms with Gasteiger partial charge in [0, 0.05) is 0 Å². The van der Waals surface area contributed by atoms with Gasteiger partial charge in [0.05, 0.1) is 22.3 Å². The third kappa shape index (κ3) is 2.57. The SMILES string of the molecule is FC(F)(F)c1ccc2sc(NCc3ncon3)nc2c1. The maximum absolute atomic E-state index is 12.6. The number of nitrogens with zero attached hydrogens (tertiary/aromatic N) is 3. The van der Waals surface area contributed by atoms with E-state index in [0.29, 0.717) is 27.7 Å². The summed E-state index contributed by atoms with van der Waals surface area (Å²) in [5.41, 5.74) is -0.402. The van der Waals surface area contributed by atoms with Crippen molar-refractivity contribution >= 4 is 26.7 Å². The summed E-state index contributed by atoms with van der Waals surface area (Å²) in [4.78, 5) is 7.93. The molecule has 0 aliphatic carbocycles. The molecule has 2 heterocycles. The molecule has 9 heteroatoms. The van der Waals surface area contributed by atoms with Gasteiger partial charge in [-0.2, -0.15) is 18.2 Å². The van der Waals surface area contributed by atoms with Gasteiger partial charge in [-0.05, 0) is 18.2 Å². The van der Waals surface area contributed by atoms with Crippen LogP contribution in [0.5, 0.6) is 0 Å². The highest BCUT2D eigenvalue weighted by Gasteiger charge is 2.30. The number of hydrogen-bond acceptors (Lipinski definition) is 6. The van der Waals surface area contributed by atoms with Crippen molar-refractivity contribution in [2.75, 3.05) is 5.32 Å². The lowest BCUT2D eigenvalue weighted by Gasteiger charge is -2.04. The molecule has 0 bridgehead atoms. The van der Waals surface area contributed by atoms with Gasteiger partial charge in [-0.1, -0.05) is 16.5 Å². The molecule has 0 aliphatic heterocycles. The van der Waals surface area contributed by atoms with Crippen LogP contribution in [0.25, 0.3) is 10.2 Å². The molecule has 0 atom stereocenters. The van der Waals surface area contributed by atoms with E-state index in [0.717, 1.165) is 12.1 Å². The molecular formula is C11H7F3N4OS. The highest BCUT2D eigenvalue weighted by molar-refractivity contribution is 7.22. The van der Waals surface area contributed by atoms with Crippen LogP contribution >= 0.6 is 11.3 Å². The van der Waals surface area contributed by atoms with E-state index in [1.807, 2.05) is 0 Å². The molecule has 20 heavy (non-hydrogen) atoms. The molecule has 0 radical (unpaired) electrons. The minimum absolute atomic E-state index is 0.294. The van der Waals surface area contributed by atoms with Crippen LogP contribution in [0.3, 0.4) is 0 Å². The summed E-state index contributed by atoms with van der Waals surface area (Å²) >= 11 is 1.26. The molecule has 0 saturated carbocycles. The first-order valence-corrected chi connectivity index (χ1v) is 6.31. The van der Waals surface area contributed by atoms with Crippen molar-refractivity contribution in [3.05, 3.63) is 36.0 Å². The zero-order valence-corrected chi connectivity index (χ0v) is 10.6. The number of nitrogens with one attached hydrogen (secondary N) is 1. The quantitative estimate of drug-likeness (QED) is 0.804. The highest BCUT2D eigenvalue weighted by Crippen LogP contribution is 2.33. The van der Waals surface area contributed by atoms with Crippen molar-refractivity contribution in [2.45, 2.75) is 12.7 Å². The van der Waals surface area contributed by atoms with Crippen molar-refractivity contribution in [3.63, 3.8) is 0 Å². The van der Waals surface area contributed by atoms with E-state index in [2.05, 4.69) is 25.0 Å². The summed E-state index contributed by atoms with van der Waals surface area (Å²) < 4.78 is 43.0. The second-order valence-corrected chi connectivity index (χ2v) is 4.93. The predicted molar refractivity (Wildman–Crippen MR) is 66.2 cm³/mol. The van der Waals surface area contributed by atoms with Crippen LogP contribution in [0.15, 0.2) is 29.1 Å². The fourth-order valence-electron chi connectivity index (χ4n) is 1.60. The second kappa shape index (κ2) is 4.75. The van der Waals surface area contributed by atoms with Gasteiger partial charge in [-0.15, -0.1) is 0 Å². The Hall–Kier alpha value is -2.16. The molecule has 1 aromatic carbocycles. The Morgan fingerprint density at radius 2 is 2.15 bits per heavy atom. The zero-order chi connectivity index (χ0) is 14.2. The number of thiazole rings is 1. The van der Waals surface area contributed by atoms with Gasteiger partial charge in [0.1, 0.15) is 0 Å². The van der Waals surface area contributed by atoms with Crippen LogP contribution < -0.4 is 5.32 Å². The smallest absolute Gasteiger partial charge is 0.354 e. The first-order valence-electron chi connectivity index (χ1n) is 5.49. The Balaban J connectivity index is 1.83. The van der Waals surface area contributed by atoms with E-state index in [1.54, 1.807) is 0 Å². The van der Waals surface area contributed by atoms with Crippen LogP contribution in [-0.4, -0.2) is 15.1 Å². The largest absolute Gasteiger partial charge is 0.416 e. The van der Waals surface area contributed by atoms with Crippen LogP contribution in [-0.2, 0) is 12.7 Å². The Kier molecular flexibility index (Phi) is 3.05. The van der Waals surface area contributed by atoms with Crippen molar-refractivity contribution in [1.82, 2.24) is 15.1 Å². The van der Waals surface area contributed by atoms with Gasteiger partial charge < -0.3 is 9.84 Å². The van der Waals surface area contributed by atoms with E-state index in [1.165, 1.54) is 23.8 Å². The number of hydrogen-bond donors (Lipinski definition) is 1.